The molecule has 1 heterocycles. The van der Waals surface area contributed by atoms with Crippen molar-refractivity contribution in [2.75, 3.05) is 0 Å². The second-order valence-electron chi connectivity index (χ2n) is 2.87. The topological polar surface area (TPSA) is 49.6 Å². The van der Waals surface area contributed by atoms with Crippen LogP contribution in [0, 0.1) is 11.3 Å². The minimum atomic E-state index is 0.138. The molecule has 0 aliphatic carbocycles. The smallest absolute Gasteiger partial charge is 0.177 e. The third-order valence-electron chi connectivity index (χ3n) is 1.91. The molecule has 2 aromatic rings. The van der Waals surface area contributed by atoms with E-state index in [9.17, 15) is 0 Å². The van der Waals surface area contributed by atoms with Crippen LogP contribution in [0.3, 0.4) is 0 Å². The lowest BCUT2D eigenvalue weighted by atomic mass is 10.2. The molecule has 3 nitrogen and oxygen atoms in total. The summed E-state index contributed by atoms with van der Waals surface area (Å²) in [5, 5.41) is 8.78. The molecule has 2 rings (SSSR count). The Morgan fingerprint density at radius 1 is 1.20 bits per heavy atom. The SMILES string of the molecule is N#Cc1ncc(-c2ccccc2)nc1Cl. The van der Waals surface area contributed by atoms with E-state index in [4.69, 9.17) is 16.9 Å². The Bertz CT molecular complexity index is 517. The van der Waals surface area contributed by atoms with Gasteiger partial charge in [-0.15, -0.1) is 0 Å². The van der Waals surface area contributed by atoms with Gasteiger partial charge in [-0.05, 0) is 0 Å². The molecule has 1 aromatic heterocycles. The lowest BCUT2D eigenvalue weighted by Gasteiger charge is -2.00. The van der Waals surface area contributed by atoms with Gasteiger partial charge >= 0.3 is 0 Å². The van der Waals surface area contributed by atoms with Crippen LogP contribution < -0.4 is 0 Å². The van der Waals surface area contributed by atoms with Crippen LogP contribution >= 0.6 is 11.6 Å². The molecule has 0 aliphatic heterocycles. The lowest BCUT2D eigenvalue weighted by molar-refractivity contribution is 1.17. The van der Waals surface area contributed by atoms with E-state index in [0.717, 1.165) is 5.56 Å². The maximum absolute atomic E-state index is 8.64. The summed E-state index contributed by atoms with van der Waals surface area (Å²) in [5.74, 6) is 0. The molecule has 0 amide bonds. The highest BCUT2D eigenvalue weighted by Gasteiger charge is 2.05. The summed E-state index contributed by atoms with van der Waals surface area (Å²) in [4.78, 5) is 8.01. The molecular formula is C11H6ClN3. The van der Waals surface area contributed by atoms with Crippen LogP contribution in [0.4, 0.5) is 0 Å². The monoisotopic (exact) mass is 215 g/mol. The Morgan fingerprint density at radius 3 is 2.53 bits per heavy atom. The molecule has 0 unspecified atom stereocenters. The number of hydrogen-bond donors (Lipinski definition) is 0. The van der Waals surface area contributed by atoms with Crippen LogP contribution in [0.25, 0.3) is 11.3 Å². The molecule has 0 N–H and O–H groups in total. The van der Waals surface area contributed by atoms with Crippen LogP contribution in [0.15, 0.2) is 36.5 Å². The van der Waals surface area contributed by atoms with Gasteiger partial charge in [-0.2, -0.15) is 5.26 Å². The van der Waals surface area contributed by atoms with E-state index in [0.29, 0.717) is 5.69 Å². The van der Waals surface area contributed by atoms with Gasteiger partial charge in [-0.1, -0.05) is 41.9 Å². The number of hydrogen-bond acceptors (Lipinski definition) is 3. The quantitative estimate of drug-likeness (QED) is 0.735. The van der Waals surface area contributed by atoms with Crippen molar-refractivity contribution in [3.63, 3.8) is 0 Å². The van der Waals surface area contributed by atoms with Gasteiger partial charge in [0.05, 0.1) is 11.9 Å². The summed E-state index contributed by atoms with van der Waals surface area (Å²) >= 11 is 5.78. The van der Waals surface area contributed by atoms with Crippen molar-refractivity contribution in [2.24, 2.45) is 0 Å². The highest BCUT2D eigenvalue weighted by Crippen LogP contribution is 2.18. The molecule has 72 valence electrons. The molecule has 15 heavy (non-hydrogen) atoms. The average Bonchev–Trinajstić information content (AvgIpc) is 2.30. The minimum Gasteiger partial charge on any atom is -0.240 e. The van der Waals surface area contributed by atoms with Gasteiger partial charge in [-0.3, -0.25) is 0 Å². The first-order chi connectivity index (χ1) is 7.31. The van der Waals surface area contributed by atoms with Crippen molar-refractivity contribution >= 4 is 11.6 Å². The summed E-state index contributed by atoms with van der Waals surface area (Å²) in [6.07, 6.45) is 1.54. The predicted octanol–water partition coefficient (Wildman–Crippen LogP) is 2.67. The first-order valence-corrected chi connectivity index (χ1v) is 4.67. The zero-order valence-electron chi connectivity index (χ0n) is 7.68. The molecule has 0 radical (unpaired) electrons. The Kier molecular flexibility index (Phi) is 2.61. The van der Waals surface area contributed by atoms with E-state index in [-0.39, 0.29) is 10.8 Å². The van der Waals surface area contributed by atoms with E-state index < -0.39 is 0 Å². The number of nitriles is 1. The number of nitrogens with zero attached hydrogens (tertiary/aromatic N) is 3. The molecule has 0 saturated heterocycles. The van der Waals surface area contributed by atoms with Crippen LogP contribution in [0.1, 0.15) is 5.69 Å². The Labute approximate surface area is 92.0 Å². The second-order valence-corrected chi connectivity index (χ2v) is 3.23. The van der Waals surface area contributed by atoms with E-state index in [1.165, 1.54) is 0 Å². The fourth-order valence-electron chi connectivity index (χ4n) is 1.19. The first-order valence-electron chi connectivity index (χ1n) is 4.29. The molecule has 0 saturated carbocycles. The minimum absolute atomic E-state index is 0.138. The van der Waals surface area contributed by atoms with Gasteiger partial charge in [0, 0.05) is 5.56 Å². The largest absolute Gasteiger partial charge is 0.240 e. The summed E-state index contributed by atoms with van der Waals surface area (Å²) in [6.45, 7) is 0. The Morgan fingerprint density at radius 2 is 1.93 bits per heavy atom. The van der Waals surface area contributed by atoms with Crippen molar-refractivity contribution in [3.8, 4) is 17.3 Å². The average molecular weight is 216 g/mol. The van der Waals surface area contributed by atoms with Gasteiger partial charge < -0.3 is 0 Å². The van der Waals surface area contributed by atoms with E-state index in [1.54, 1.807) is 6.20 Å². The number of rotatable bonds is 1. The highest BCUT2D eigenvalue weighted by atomic mass is 35.5. The summed E-state index contributed by atoms with van der Waals surface area (Å²) in [7, 11) is 0. The Balaban J connectivity index is 2.49. The maximum Gasteiger partial charge on any atom is 0.177 e. The van der Waals surface area contributed by atoms with Crippen LogP contribution in [0.2, 0.25) is 5.15 Å². The Hall–Kier alpha value is -1.92. The molecule has 0 aliphatic rings. The first kappa shape index (κ1) is 9.63. The molecule has 0 fully saturated rings. The second kappa shape index (κ2) is 4.07. The van der Waals surface area contributed by atoms with Crippen molar-refractivity contribution in [2.45, 2.75) is 0 Å². The lowest BCUT2D eigenvalue weighted by Crippen LogP contribution is -1.91. The van der Waals surface area contributed by atoms with Gasteiger partial charge in [-0.25, -0.2) is 9.97 Å². The van der Waals surface area contributed by atoms with Crippen molar-refractivity contribution < 1.29 is 0 Å². The number of halogens is 1. The van der Waals surface area contributed by atoms with E-state index in [1.807, 2.05) is 36.4 Å². The molecule has 1 aromatic carbocycles. The number of benzene rings is 1. The zero-order chi connectivity index (χ0) is 10.7. The summed E-state index contributed by atoms with van der Waals surface area (Å²) < 4.78 is 0. The van der Waals surface area contributed by atoms with Crippen molar-refractivity contribution in [1.82, 2.24) is 9.97 Å². The van der Waals surface area contributed by atoms with E-state index in [2.05, 4.69) is 9.97 Å². The summed E-state index contributed by atoms with van der Waals surface area (Å²) in [5.41, 5.74) is 1.74. The normalized spacial score (nSPS) is 9.60. The molecular weight excluding hydrogens is 210 g/mol. The van der Waals surface area contributed by atoms with E-state index >= 15 is 0 Å². The van der Waals surface area contributed by atoms with Crippen molar-refractivity contribution in [3.05, 3.63) is 47.4 Å². The highest BCUT2D eigenvalue weighted by molar-refractivity contribution is 6.30. The fraction of sp³-hybridized carbons (Fsp3) is 0. The standard InChI is InChI=1S/C11H6ClN3/c12-11-9(6-13)14-7-10(15-11)8-4-2-1-3-5-8/h1-5,7H. The molecule has 0 bridgehead atoms. The zero-order valence-corrected chi connectivity index (χ0v) is 8.44. The van der Waals surface area contributed by atoms with Gasteiger partial charge in [0.1, 0.15) is 6.07 Å². The van der Waals surface area contributed by atoms with Crippen LogP contribution in [-0.2, 0) is 0 Å². The number of aromatic nitrogens is 2. The fourth-order valence-corrected chi connectivity index (χ4v) is 1.37. The van der Waals surface area contributed by atoms with Crippen LogP contribution in [-0.4, -0.2) is 9.97 Å². The predicted molar refractivity (Wildman–Crippen MR) is 57.2 cm³/mol. The van der Waals surface area contributed by atoms with Gasteiger partial charge in [0.2, 0.25) is 0 Å². The van der Waals surface area contributed by atoms with Crippen molar-refractivity contribution in [1.29, 1.82) is 5.26 Å². The van der Waals surface area contributed by atoms with Gasteiger partial charge in [0.15, 0.2) is 10.8 Å². The third kappa shape index (κ3) is 1.95. The van der Waals surface area contributed by atoms with Crippen LogP contribution in [0.5, 0.6) is 0 Å². The molecule has 0 atom stereocenters. The van der Waals surface area contributed by atoms with Gasteiger partial charge in [0.25, 0.3) is 0 Å². The molecule has 4 heteroatoms. The molecule has 0 spiro atoms. The maximum atomic E-state index is 8.64. The third-order valence-corrected chi connectivity index (χ3v) is 2.17. The summed E-state index contributed by atoms with van der Waals surface area (Å²) in [6, 6.07) is 11.4.